The van der Waals surface area contributed by atoms with Gasteiger partial charge in [-0.25, -0.2) is 4.79 Å². The van der Waals surface area contributed by atoms with Crippen molar-refractivity contribution < 1.29 is 33.6 Å². The fourth-order valence-electron chi connectivity index (χ4n) is 3.80. The molecule has 0 aliphatic carbocycles. The summed E-state index contributed by atoms with van der Waals surface area (Å²) in [6.45, 7) is 9.80. The van der Waals surface area contributed by atoms with Gasteiger partial charge in [0.15, 0.2) is 5.78 Å². The minimum Gasteiger partial charge on any atom is -0.444 e. The topological polar surface area (TPSA) is 174 Å². The molecule has 1 aromatic rings. The highest BCUT2D eigenvalue weighted by Crippen LogP contribution is 2.25. The molecule has 3 N–H and O–H groups in total. The highest BCUT2D eigenvalue weighted by Gasteiger charge is 2.46. The maximum Gasteiger partial charge on any atom is 0.408 e. The summed E-state index contributed by atoms with van der Waals surface area (Å²) in [5.74, 6) is -5.01. The van der Waals surface area contributed by atoms with E-state index in [-0.39, 0.29) is 17.7 Å². The molecule has 0 radical (unpaired) electrons. The summed E-state index contributed by atoms with van der Waals surface area (Å²) in [6.07, 6.45) is -1.21. The molecular weight excluding hydrogens is 472 g/mol. The first-order valence-corrected chi connectivity index (χ1v) is 11.5. The van der Waals surface area contributed by atoms with Crippen molar-refractivity contribution in [3.8, 4) is 0 Å². The Balaban J connectivity index is 2.26. The van der Waals surface area contributed by atoms with Crippen molar-refractivity contribution >= 4 is 35.3 Å². The van der Waals surface area contributed by atoms with E-state index >= 15 is 0 Å². The highest BCUT2D eigenvalue weighted by molar-refractivity contribution is 6.16. The van der Waals surface area contributed by atoms with Crippen LogP contribution in [0.1, 0.15) is 59.6 Å². The molecule has 0 spiro atoms. The third kappa shape index (κ3) is 7.33. The van der Waals surface area contributed by atoms with Crippen LogP contribution in [0.25, 0.3) is 0 Å². The van der Waals surface area contributed by atoms with E-state index in [1.165, 1.54) is 31.2 Å². The van der Waals surface area contributed by atoms with Gasteiger partial charge in [-0.05, 0) is 32.3 Å². The summed E-state index contributed by atoms with van der Waals surface area (Å²) in [7, 11) is 0. The van der Waals surface area contributed by atoms with Crippen LogP contribution in [-0.4, -0.2) is 46.2 Å². The molecule has 0 saturated carbocycles. The van der Waals surface area contributed by atoms with Crippen molar-refractivity contribution in [3.05, 3.63) is 39.9 Å². The monoisotopic (exact) mass is 504 g/mol. The van der Waals surface area contributed by atoms with E-state index in [0.717, 1.165) is 0 Å². The van der Waals surface area contributed by atoms with E-state index in [2.05, 4.69) is 16.0 Å². The molecule has 1 fully saturated rings. The average molecular weight is 505 g/mol. The van der Waals surface area contributed by atoms with E-state index < -0.39 is 70.0 Å². The summed E-state index contributed by atoms with van der Waals surface area (Å²) >= 11 is 0. The number of nitro benzene ring substituents is 1. The summed E-state index contributed by atoms with van der Waals surface area (Å²) in [6, 6.07) is 3.36. The van der Waals surface area contributed by atoms with Crippen LogP contribution in [0, 0.1) is 27.9 Å². The zero-order chi connectivity index (χ0) is 27.4. The number of benzene rings is 1. The predicted molar refractivity (Wildman–Crippen MR) is 127 cm³/mol. The SMILES string of the molecule is CC(C)[C@H](NC(=O)CC(NC(=O)OC(C)(C)C)c1cccc([N+](=O)[O-])c1)C(=O)[C@@H]1C(=O)NC(=O)[C@H]1C. The smallest absolute Gasteiger partial charge is 0.408 e. The number of Topliss-reactive ketones (excluding diaryl/α,β-unsaturated/α-hetero) is 1. The molecule has 2 rings (SSSR count). The Hall–Kier alpha value is -3.83. The van der Waals surface area contributed by atoms with Crippen molar-refractivity contribution in [3.63, 3.8) is 0 Å². The van der Waals surface area contributed by atoms with Gasteiger partial charge in [0.25, 0.3) is 5.69 Å². The number of carbonyl (C=O) groups is 5. The van der Waals surface area contributed by atoms with Crippen LogP contribution in [0.4, 0.5) is 10.5 Å². The van der Waals surface area contributed by atoms with Crippen LogP contribution in [0.2, 0.25) is 0 Å². The van der Waals surface area contributed by atoms with E-state index in [1.807, 2.05) is 0 Å². The summed E-state index contributed by atoms with van der Waals surface area (Å²) in [5.41, 5.74) is -0.776. The van der Waals surface area contributed by atoms with Gasteiger partial charge >= 0.3 is 6.09 Å². The molecule has 4 atom stereocenters. The van der Waals surface area contributed by atoms with Crippen LogP contribution in [0.5, 0.6) is 0 Å². The normalized spacial score (nSPS) is 19.3. The third-order valence-electron chi connectivity index (χ3n) is 5.60. The van der Waals surface area contributed by atoms with Gasteiger partial charge < -0.3 is 15.4 Å². The Labute approximate surface area is 208 Å². The molecule has 1 aliphatic rings. The molecule has 36 heavy (non-hydrogen) atoms. The Morgan fingerprint density at radius 3 is 2.28 bits per heavy atom. The molecule has 0 bridgehead atoms. The molecule has 12 heteroatoms. The second kappa shape index (κ2) is 11.3. The molecule has 1 heterocycles. The fraction of sp³-hybridized carbons (Fsp3) is 0.542. The number of non-ortho nitro benzene ring substituents is 1. The van der Waals surface area contributed by atoms with Crippen LogP contribution in [0.15, 0.2) is 24.3 Å². The Kier molecular flexibility index (Phi) is 8.89. The molecule has 1 aromatic carbocycles. The van der Waals surface area contributed by atoms with Gasteiger partial charge in [-0.2, -0.15) is 0 Å². The molecule has 196 valence electrons. The molecule has 1 aliphatic heterocycles. The molecule has 1 saturated heterocycles. The van der Waals surface area contributed by atoms with Gasteiger partial charge in [0.1, 0.15) is 11.5 Å². The van der Waals surface area contributed by atoms with Gasteiger partial charge in [0.2, 0.25) is 17.7 Å². The summed E-state index contributed by atoms with van der Waals surface area (Å²) in [5, 5.41) is 18.5. The second-order valence-corrected chi connectivity index (χ2v) is 10.1. The Morgan fingerprint density at radius 2 is 1.78 bits per heavy atom. The lowest BCUT2D eigenvalue weighted by Gasteiger charge is -2.26. The fourth-order valence-corrected chi connectivity index (χ4v) is 3.80. The number of hydrogen-bond acceptors (Lipinski definition) is 8. The number of ketones is 1. The maximum atomic E-state index is 13.1. The largest absolute Gasteiger partial charge is 0.444 e. The second-order valence-electron chi connectivity index (χ2n) is 10.1. The maximum absolute atomic E-state index is 13.1. The molecule has 12 nitrogen and oxygen atoms in total. The highest BCUT2D eigenvalue weighted by atomic mass is 16.6. The van der Waals surface area contributed by atoms with Gasteiger partial charge in [-0.15, -0.1) is 0 Å². The zero-order valence-corrected chi connectivity index (χ0v) is 21.1. The lowest BCUT2D eigenvalue weighted by atomic mass is 9.85. The lowest BCUT2D eigenvalue weighted by molar-refractivity contribution is -0.384. The lowest BCUT2D eigenvalue weighted by Crippen LogP contribution is -2.49. The molecule has 0 aromatic heterocycles. The van der Waals surface area contributed by atoms with E-state index in [4.69, 9.17) is 4.74 Å². The quantitative estimate of drug-likeness (QED) is 0.198. The number of ether oxygens (including phenoxy) is 1. The van der Waals surface area contributed by atoms with Crippen molar-refractivity contribution in [1.82, 2.24) is 16.0 Å². The van der Waals surface area contributed by atoms with E-state index in [9.17, 15) is 34.1 Å². The van der Waals surface area contributed by atoms with Crippen LogP contribution >= 0.6 is 0 Å². The first kappa shape index (κ1) is 28.4. The zero-order valence-electron chi connectivity index (χ0n) is 21.1. The molecule has 1 unspecified atom stereocenters. The third-order valence-corrected chi connectivity index (χ3v) is 5.60. The Morgan fingerprint density at radius 1 is 1.14 bits per heavy atom. The van der Waals surface area contributed by atoms with Gasteiger partial charge in [0.05, 0.1) is 29.3 Å². The van der Waals surface area contributed by atoms with Gasteiger partial charge in [-0.1, -0.05) is 32.9 Å². The van der Waals surface area contributed by atoms with E-state index in [0.29, 0.717) is 0 Å². The number of nitrogens with one attached hydrogen (secondary N) is 3. The number of imide groups is 1. The Bertz CT molecular complexity index is 1060. The van der Waals surface area contributed by atoms with Gasteiger partial charge in [-0.3, -0.25) is 34.6 Å². The number of carbonyl (C=O) groups excluding carboxylic acids is 5. The minimum absolute atomic E-state index is 0.231. The average Bonchev–Trinajstić information content (AvgIpc) is 3.00. The van der Waals surface area contributed by atoms with E-state index in [1.54, 1.807) is 34.6 Å². The summed E-state index contributed by atoms with van der Waals surface area (Å²) in [4.78, 5) is 73.2. The minimum atomic E-state index is -1.22. The van der Waals surface area contributed by atoms with Crippen LogP contribution in [-0.2, 0) is 23.9 Å². The van der Waals surface area contributed by atoms with Gasteiger partial charge in [0, 0.05) is 12.1 Å². The summed E-state index contributed by atoms with van der Waals surface area (Å²) < 4.78 is 5.26. The first-order valence-electron chi connectivity index (χ1n) is 11.5. The van der Waals surface area contributed by atoms with Crippen LogP contribution < -0.4 is 16.0 Å². The molecule has 4 amide bonds. The van der Waals surface area contributed by atoms with Crippen molar-refractivity contribution in [2.24, 2.45) is 17.8 Å². The van der Waals surface area contributed by atoms with Crippen molar-refractivity contribution in [2.75, 3.05) is 0 Å². The number of nitro groups is 1. The van der Waals surface area contributed by atoms with Crippen molar-refractivity contribution in [2.45, 2.75) is 65.6 Å². The molecular formula is C24H32N4O8. The number of amides is 4. The number of hydrogen-bond donors (Lipinski definition) is 3. The first-order chi connectivity index (χ1) is 16.6. The van der Waals surface area contributed by atoms with Crippen molar-refractivity contribution in [1.29, 1.82) is 0 Å². The number of alkyl carbamates (subject to hydrolysis) is 1. The standard InChI is InChI=1S/C24H32N4O8/c1-12(2)19(20(30)18-13(3)21(31)27-22(18)32)26-17(29)11-16(25-23(33)36-24(4,5)6)14-8-7-9-15(10-14)28(34)35/h7-10,12-13,16,18-19H,11H2,1-6H3,(H,25,33)(H,26,29)(H,27,31,32)/t13-,16?,18+,19-/m0/s1. The number of rotatable bonds is 9. The van der Waals surface area contributed by atoms with Crippen LogP contribution in [0.3, 0.4) is 0 Å². The predicted octanol–water partition coefficient (Wildman–Crippen LogP) is 2.17. The number of nitrogens with zero attached hydrogens (tertiary/aromatic N) is 1.